The van der Waals surface area contributed by atoms with Crippen LogP contribution in [0.15, 0.2) is 30.3 Å². The van der Waals surface area contributed by atoms with Crippen LogP contribution >= 0.6 is 0 Å². The fourth-order valence-electron chi connectivity index (χ4n) is 3.24. The fourth-order valence-corrected chi connectivity index (χ4v) is 3.24. The molecule has 26 heavy (non-hydrogen) atoms. The highest BCUT2D eigenvalue weighted by Gasteiger charge is 2.17. The molecule has 0 radical (unpaired) electrons. The molecule has 0 unspecified atom stereocenters. The molecule has 0 spiro atoms. The van der Waals surface area contributed by atoms with Crippen molar-refractivity contribution in [3.63, 3.8) is 0 Å². The summed E-state index contributed by atoms with van der Waals surface area (Å²) in [6.07, 6.45) is 0. The maximum Gasteiger partial charge on any atom is 0.252 e. The minimum absolute atomic E-state index is 0.101. The van der Waals surface area contributed by atoms with Gasteiger partial charge in [-0.15, -0.1) is 0 Å². The number of nitrogens with one attached hydrogen (secondary N) is 1. The number of amides is 1. The van der Waals surface area contributed by atoms with E-state index < -0.39 is 0 Å². The lowest BCUT2D eigenvalue weighted by molar-refractivity contribution is 0.0952. The Balaban J connectivity index is 1.87. The van der Waals surface area contributed by atoms with Gasteiger partial charge in [-0.25, -0.2) is 4.98 Å². The molecule has 136 valence electrons. The SMILES string of the molecule is Cc1cc(C(=O)NCc2ccccc2CN(C)C)c2c(C)nn(C)c2n1. The van der Waals surface area contributed by atoms with Crippen LogP contribution in [0.2, 0.25) is 0 Å². The first-order valence-electron chi connectivity index (χ1n) is 8.67. The van der Waals surface area contributed by atoms with Crippen molar-refractivity contribution in [1.82, 2.24) is 25.0 Å². The van der Waals surface area contributed by atoms with E-state index in [9.17, 15) is 4.79 Å². The highest BCUT2D eigenvalue weighted by Crippen LogP contribution is 2.21. The summed E-state index contributed by atoms with van der Waals surface area (Å²) >= 11 is 0. The number of aryl methyl sites for hydroxylation is 3. The van der Waals surface area contributed by atoms with Gasteiger partial charge >= 0.3 is 0 Å². The van der Waals surface area contributed by atoms with Crippen molar-refractivity contribution in [2.45, 2.75) is 26.9 Å². The zero-order chi connectivity index (χ0) is 18.8. The van der Waals surface area contributed by atoms with Gasteiger partial charge in [0.1, 0.15) is 0 Å². The van der Waals surface area contributed by atoms with Crippen molar-refractivity contribution in [2.24, 2.45) is 7.05 Å². The highest BCUT2D eigenvalue weighted by atomic mass is 16.1. The third-order valence-electron chi connectivity index (χ3n) is 4.39. The Bertz CT molecular complexity index is 958. The minimum Gasteiger partial charge on any atom is -0.348 e. The summed E-state index contributed by atoms with van der Waals surface area (Å²) in [5, 5.41) is 8.29. The maximum atomic E-state index is 12.9. The van der Waals surface area contributed by atoms with Gasteiger partial charge in [-0.2, -0.15) is 5.10 Å². The van der Waals surface area contributed by atoms with Gasteiger partial charge in [0.25, 0.3) is 5.91 Å². The van der Waals surface area contributed by atoms with E-state index in [2.05, 4.69) is 32.4 Å². The smallest absolute Gasteiger partial charge is 0.252 e. The van der Waals surface area contributed by atoms with Crippen LogP contribution in [0.3, 0.4) is 0 Å². The van der Waals surface area contributed by atoms with Crippen LogP contribution in [0.5, 0.6) is 0 Å². The molecule has 3 rings (SSSR count). The Kier molecular flexibility index (Phi) is 5.04. The zero-order valence-corrected chi connectivity index (χ0v) is 16.0. The third-order valence-corrected chi connectivity index (χ3v) is 4.39. The molecule has 2 aromatic heterocycles. The molecule has 2 heterocycles. The van der Waals surface area contributed by atoms with E-state index in [0.29, 0.717) is 12.1 Å². The van der Waals surface area contributed by atoms with Crippen LogP contribution in [0.25, 0.3) is 11.0 Å². The normalized spacial score (nSPS) is 11.3. The highest BCUT2D eigenvalue weighted by molar-refractivity contribution is 6.06. The van der Waals surface area contributed by atoms with E-state index in [-0.39, 0.29) is 5.91 Å². The Morgan fingerprint density at radius 1 is 1.19 bits per heavy atom. The van der Waals surface area contributed by atoms with Crippen molar-refractivity contribution in [3.8, 4) is 0 Å². The van der Waals surface area contributed by atoms with Crippen LogP contribution in [-0.2, 0) is 20.1 Å². The standard InChI is InChI=1S/C20H25N5O/c1-13-10-17(18-14(2)23-25(5)19(18)22-13)20(26)21-11-15-8-6-7-9-16(15)12-24(3)4/h6-10H,11-12H2,1-5H3,(H,21,26). The predicted octanol–water partition coefficient (Wildman–Crippen LogP) is 2.58. The van der Waals surface area contributed by atoms with Gasteiger partial charge in [-0.3, -0.25) is 9.48 Å². The summed E-state index contributed by atoms with van der Waals surface area (Å²) in [7, 11) is 5.93. The molecule has 0 saturated heterocycles. The van der Waals surface area contributed by atoms with E-state index in [1.807, 2.05) is 53.2 Å². The molecule has 1 N–H and O–H groups in total. The number of benzene rings is 1. The van der Waals surface area contributed by atoms with Crippen molar-refractivity contribution < 1.29 is 4.79 Å². The van der Waals surface area contributed by atoms with Crippen molar-refractivity contribution in [1.29, 1.82) is 0 Å². The molecule has 1 aromatic carbocycles. The van der Waals surface area contributed by atoms with Gasteiger partial charge in [-0.05, 0) is 45.1 Å². The third kappa shape index (κ3) is 3.60. The van der Waals surface area contributed by atoms with Crippen molar-refractivity contribution in [3.05, 3.63) is 58.4 Å². The van der Waals surface area contributed by atoms with E-state index in [0.717, 1.165) is 34.5 Å². The summed E-state index contributed by atoms with van der Waals surface area (Å²) in [5.74, 6) is -0.101. The number of carbonyl (C=O) groups excluding carboxylic acids is 1. The number of nitrogens with zero attached hydrogens (tertiary/aromatic N) is 4. The van der Waals surface area contributed by atoms with E-state index in [1.54, 1.807) is 4.68 Å². The van der Waals surface area contributed by atoms with Crippen LogP contribution in [0.4, 0.5) is 0 Å². The van der Waals surface area contributed by atoms with Gasteiger partial charge in [0, 0.05) is 25.8 Å². The Labute approximate surface area is 153 Å². The van der Waals surface area contributed by atoms with Crippen LogP contribution in [0, 0.1) is 13.8 Å². The number of rotatable bonds is 5. The summed E-state index contributed by atoms with van der Waals surface area (Å²) in [4.78, 5) is 19.5. The molecule has 3 aromatic rings. The molecule has 0 fully saturated rings. The number of aromatic nitrogens is 3. The molecular weight excluding hydrogens is 326 g/mol. The van der Waals surface area contributed by atoms with E-state index in [4.69, 9.17) is 0 Å². The lowest BCUT2D eigenvalue weighted by Gasteiger charge is -2.15. The summed E-state index contributed by atoms with van der Waals surface area (Å²) in [6.45, 7) is 5.13. The average molecular weight is 351 g/mol. The number of hydrogen-bond donors (Lipinski definition) is 1. The van der Waals surface area contributed by atoms with Crippen LogP contribution < -0.4 is 5.32 Å². The average Bonchev–Trinajstić information content (AvgIpc) is 2.86. The second-order valence-corrected chi connectivity index (χ2v) is 6.91. The Morgan fingerprint density at radius 2 is 1.88 bits per heavy atom. The molecule has 0 aliphatic heterocycles. The summed E-state index contributed by atoms with van der Waals surface area (Å²) in [6, 6.07) is 10.0. The number of carbonyl (C=O) groups is 1. The molecule has 0 saturated carbocycles. The molecule has 0 aliphatic rings. The van der Waals surface area contributed by atoms with Gasteiger partial charge < -0.3 is 10.2 Å². The van der Waals surface area contributed by atoms with Crippen LogP contribution in [0.1, 0.15) is 32.9 Å². The lowest BCUT2D eigenvalue weighted by Crippen LogP contribution is -2.24. The predicted molar refractivity (Wildman–Crippen MR) is 103 cm³/mol. The number of pyridine rings is 1. The zero-order valence-electron chi connectivity index (χ0n) is 16.0. The van der Waals surface area contributed by atoms with Crippen molar-refractivity contribution in [2.75, 3.05) is 14.1 Å². The Morgan fingerprint density at radius 3 is 2.58 bits per heavy atom. The molecule has 6 nitrogen and oxygen atoms in total. The Hall–Kier alpha value is -2.73. The van der Waals surface area contributed by atoms with Crippen molar-refractivity contribution >= 4 is 16.9 Å². The first kappa shape index (κ1) is 18.1. The van der Waals surface area contributed by atoms with Crippen LogP contribution in [-0.4, -0.2) is 39.7 Å². The molecule has 6 heteroatoms. The molecular formula is C20H25N5O. The summed E-state index contributed by atoms with van der Waals surface area (Å²) in [5.41, 5.74) is 5.32. The van der Waals surface area contributed by atoms with E-state index in [1.165, 1.54) is 5.56 Å². The van der Waals surface area contributed by atoms with Gasteiger partial charge in [0.05, 0.1) is 16.6 Å². The monoisotopic (exact) mass is 351 g/mol. The molecule has 0 atom stereocenters. The summed E-state index contributed by atoms with van der Waals surface area (Å²) < 4.78 is 1.72. The topological polar surface area (TPSA) is 63.1 Å². The quantitative estimate of drug-likeness (QED) is 0.767. The maximum absolute atomic E-state index is 12.9. The molecule has 0 aliphatic carbocycles. The molecule has 1 amide bonds. The second-order valence-electron chi connectivity index (χ2n) is 6.91. The van der Waals surface area contributed by atoms with Gasteiger partial charge in [0.2, 0.25) is 0 Å². The van der Waals surface area contributed by atoms with Gasteiger partial charge in [-0.1, -0.05) is 24.3 Å². The van der Waals surface area contributed by atoms with E-state index >= 15 is 0 Å². The van der Waals surface area contributed by atoms with Gasteiger partial charge in [0.15, 0.2) is 5.65 Å². The second kappa shape index (κ2) is 7.25. The molecule has 0 bridgehead atoms. The fraction of sp³-hybridized carbons (Fsp3) is 0.350. The minimum atomic E-state index is -0.101. The first-order chi connectivity index (χ1) is 12.4. The number of hydrogen-bond acceptors (Lipinski definition) is 4. The number of fused-ring (bicyclic) bond motifs is 1. The largest absolute Gasteiger partial charge is 0.348 e. The lowest BCUT2D eigenvalue weighted by atomic mass is 10.1. The first-order valence-corrected chi connectivity index (χ1v) is 8.67.